The summed E-state index contributed by atoms with van der Waals surface area (Å²) in [5.41, 5.74) is 1.71. The van der Waals surface area contributed by atoms with Crippen molar-refractivity contribution in [2.45, 2.75) is 51.5 Å². The lowest BCUT2D eigenvalue weighted by atomic mass is 10.1. The molecule has 0 aromatic heterocycles. The molecule has 0 spiro atoms. The molecule has 1 unspecified atom stereocenters. The van der Waals surface area contributed by atoms with Crippen molar-refractivity contribution in [3.8, 4) is 0 Å². The van der Waals surface area contributed by atoms with Gasteiger partial charge in [0.1, 0.15) is 0 Å². The van der Waals surface area contributed by atoms with E-state index in [2.05, 4.69) is 23.2 Å². The Balaban J connectivity index is 1.61. The summed E-state index contributed by atoms with van der Waals surface area (Å²) in [4.78, 5) is 2.63. The van der Waals surface area contributed by atoms with Gasteiger partial charge in [0.25, 0.3) is 0 Å². The Morgan fingerprint density at radius 2 is 2.44 bits per heavy atom. The van der Waals surface area contributed by atoms with E-state index in [1.54, 1.807) is 5.57 Å². The summed E-state index contributed by atoms with van der Waals surface area (Å²) < 4.78 is 0. The molecule has 92 valence electrons. The van der Waals surface area contributed by atoms with Gasteiger partial charge in [-0.25, -0.2) is 0 Å². The molecule has 0 radical (unpaired) electrons. The van der Waals surface area contributed by atoms with Gasteiger partial charge in [-0.1, -0.05) is 18.6 Å². The third kappa shape index (κ3) is 3.60. The summed E-state index contributed by atoms with van der Waals surface area (Å²) in [6.07, 6.45) is 10.5. The van der Waals surface area contributed by atoms with Crippen molar-refractivity contribution >= 4 is 0 Å². The smallest absolute Gasteiger partial charge is 0.0207 e. The summed E-state index contributed by atoms with van der Waals surface area (Å²) in [5, 5.41) is 3.63. The summed E-state index contributed by atoms with van der Waals surface area (Å²) >= 11 is 0. The number of allylic oxidation sites excluding steroid dienone is 1. The molecule has 0 amide bonds. The SMILES string of the molecule is CCCNC1CCN(CCC2=CCCC2)C1. The molecular formula is C14H26N2. The van der Waals surface area contributed by atoms with Gasteiger partial charge in [-0.2, -0.15) is 0 Å². The first kappa shape index (κ1) is 12.1. The van der Waals surface area contributed by atoms with E-state index in [1.165, 1.54) is 64.7 Å². The second-order valence-electron chi connectivity index (χ2n) is 5.24. The molecule has 1 atom stereocenters. The maximum absolute atomic E-state index is 3.63. The Hall–Kier alpha value is -0.340. The van der Waals surface area contributed by atoms with E-state index in [9.17, 15) is 0 Å². The topological polar surface area (TPSA) is 15.3 Å². The average Bonchev–Trinajstić information content (AvgIpc) is 2.95. The first-order valence-electron chi connectivity index (χ1n) is 7.02. The first-order valence-corrected chi connectivity index (χ1v) is 7.02. The molecular weight excluding hydrogens is 196 g/mol. The molecule has 2 heteroatoms. The lowest BCUT2D eigenvalue weighted by molar-refractivity contribution is 0.331. The summed E-state index contributed by atoms with van der Waals surface area (Å²) in [6.45, 7) is 7.29. The van der Waals surface area contributed by atoms with E-state index in [1.807, 2.05) is 0 Å². The molecule has 2 aliphatic rings. The highest BCUT2D eigenvalue weighted by Gasteiger charge is 2.21. The van der Waals surface area contributed by atoms with Gasteiger partial charge in [0, 0.05) is 19.1 Å². The fourth-order valence-electron chi connectivity index (χ4n) is 2.82. The zero-order valence-electron chi connectivity index (χ0n) is 10.7. The van der Waals surface area contributed by atoms with Crippen LogP contribution in [0.15, 0.2) is 11.6 Å². The summed E-state index contributed by atoms with van der Waals surface area (Å²) in [6, 6.07) is 0.762. The Kier molecular flexibility index (Phi) is 4.86. The predicted molar refractivity (Wildman–Crippen MR) is 69.7 cm³/mol. The molecule has 2 rings (SSSR count). The number of hydrogen-bond donors (Lipinski definition) is 1. The lowest BCUT2D eigenvalue weighted by Crippen LogP contribution is -2.33. The van der Waals surface area contributed by atoms with Gasteiger partial charge in [-0.05, 0) is 51.6 Å². The number of nitrogens with zero attached hydrogens (tertiary/aromatic N) is 1. The highest BCUT2D eigenvalue weighted by Crippen LogP contribution is 2.21. The Morgan fingerprint density at radius 1 is 1.50 bits per heavy atom. The molecule has 1 fully saturated rings. The van der Waals surface area contributed by atoms with Crippen molar-refractivity contribution < 1.29 is 0 Å². The third-order valence-corrected chi connectivity index (χ3v) is 3.84. The highest BCUT2D eigenvalue weighted by molar-refractivity contribution is 5.07. The van der Waals surface area contributed by atoms with E-state index >= 15 is 0 Å². The van der Waals surface area contributed by atoms with Gasteiger partial charge in [0.2, 0.25) is 0 Å². The van der Waals surface area contributed by atoms with Crippen LogP contribution >= 0.6 is 0 Å². The maximum Gasteiger partial charge on any atom is 0.0207 e. The molecule has 16 heavy (non-hydrogen) atoms. The lowest BCUT2D eigenvalue weighted by Gasteiger charge is -2.16. The van der Waals surface area contributed by atoms with Gasteiger partial charge in [0.05, 0.1) is 0 Å². The summed E-state index contributed by atoms with van der Waals surface area (Å²) in [7, 11) is 0. The Labute approximate surface area is 100 Å². The van der Waals surface area contributed by atoms with Crippen LogP contribution in [0.2, 0.25) is 0 Å². The number of likely N-dealkylation sites (tertiary alicyclic amines) is 1. The second-order valence-corrected chi connectivity index (χ2v) is 5.24. The largest absolute Gasteiger partial charge is 0.313 e. The van der Waals surface area contributed by atoms with E-state index < -0.39 is 0 Å². The predicted octanol–water partition coefficient (Wildman–Crippen LogP) is 2.56. The minimum Gasteiger partial charge on any atom is -0.313 e. The normalized spacial score (nSPS) is 26.3. The standard InChI is InChI=1S/C14H26N2/c1-2-9-15-14-8-11-16(12-14)10-7-13-5-3-4-6-13/h5,14-15H,2-4,6-12H2,1H3. The van der Waals surface area contributed by atoms with E-state index in [4.69, 9.17) is 0 Å². The van der Waals surface area contributed by atoms with Crippen molar-refractivity contribution in [1.82, 2.24) is 10.2 Å². The Morgan fingerprint density at radius 3 is 3.19 bits per heavy atom. The van der Waals surface area contributed by atoms with E-state index in [0.29, 0.717) is 0 Å². The zero-order chi connectivity index (χ0) is 11.2. The first-order chi connectivity index (χ1) is 7.88. The minimum absolute atomic E-state index is 0.762. The van der Waals surface area contributed by atoms with Crippen molar-refractivity contribution in [3.05, 3.63) is 11.6 Å². The van der Waals surface area contributed by atoms with Crippen LogP contribution in [-0.2, 0) is 0 Å². The van der Waals surface area contributed by atoms with Crippen LogP contribution in [0.3, 0.4) is 0 Å². The molecule has 1 aliphatic heterocycles. The van der Waals surface area contributed by atoms with E-state index in [0.717, 1.165) is 6.04 Å². The highest BCUT2D eigenvalue weighted by atomic mass is 15.2. The van der Waals surface area contributed by atoms with Crippen LogP contribution in [0, 0.1) is 0 Å². The Bertz CT molecular complexity index is 235. The van der Waals surface area contributed by atoms with Gasteiger partial charge >= 0.3 is 0 Å². The molecule has 1 N–H and O–H groups in total. The average molecular weight is 222 g/mol. The van der Waals surface area contributed by atoms with Gasteiger partial charge in [-0.3, -0.25) is 0 Å². The molecule has 0 saturated carbocycles. The summed E-state index contributed by atoms with van der Waals surface area (Å²) in [5.74, 6) is 0. The zero-order valence-corrected chi connectivity index (χ0v) is 10.7. The van der Waals surface area contributed by atoms with Crippen LogP contribution in [-0.4, -0.2) is 37.1 Å². The monoisotopic (exact) mass is 222 g/mol. The number of hydrogen-bond acceptors (Lipinski definition) is 2. The van der Waals surface area contributed by atoms with Crippen molar-refractivity contribution in [2.24, 2.45) is 0 Å². The fraction of sp³-hybridized carbons (Fsp3) is 0.857. The molecule has 1 saturated heterocycles. The van der Waals surface area contributed by atoms with Crippen molar-refractivity contribution in [2.75, 3.05) is 26.2 Å². The molecule has 0 aromatic rings. The van der Waals surface area contributed by atoms with Crippen molar-refractivity contribution in [3.63, 3.8) is 0 Å². The molecule has 2 nitrogen and oxygen atoms in total. The quantitative estimate of drug-likeness (QED) is 0.695. The van der Waals surface area contributed by atoms with Crippen LogP contribution in [0.5, 0.6) is 0 Å². The van der Waals surface area contributed by atoms with Crippen LogP contribution in [0.25, 0.3) is 0 Å². The molecule has 1 heterocycles. The molecule has 0 aromatic carbocycles. The van der Waals surface area contributed by atoms with E-state index in [-0.39, 0.29) is 0 Å². The molecule has 0 bridgehead atoms. The minimum atomic E-state index is 0.762. The van der Waals surface area contributed by atoms with Crippen LogP contribution < -0.4 is 5.32 Å². The van der Waals surface area contributed by atoms with Gasteiger partial charge in [-0.15, -0.1) is 0 Å². The number of rotatable bonds is 6. The fourth-order valence-corrected chi connectivity index (χ4v) is 2.82. The number of nitrogens with one attached hydrogen (secondary N) is 1. The van der Waals surface area contributed by atoms with Crippen LogP contribution in [0.4, 0.5) is 0 Å². The van der Waals surface area contributed by atoms with Crippen LogP contribution in [0.1, 0.15) is 45.4 Å². The van der Waals surface area contributed by atoms with Crippen molar-refractivity contribution in [1.29, 1.82) is 0 Å². The third-order valence-electron chi connectivity index (χ3n) is 3.84. The molecule has 1 aliphatic carbocycles. The van der Waals surface area contributed by atoms with Gasteiger partial charge in [0.15, 0.2) is 0 Å². The van der Waals surface area contributed by atoms with Gasteiger partial charge < -0.3 is 10.2 Å². The second kappa shape index (κ2) is 6.41. The maximum atomic E-state index is 3.63.